The van der Waals surface area contributed by atoms with Crippen LogP contribution < -0.4 is 11.1 Å². The van der Waals surface area contributed by atoms with Gasteiger partial charge in [0.2, 0.25) is 5.91 Å². The molecule has 0 saturated heterocycles. The average molecular weight is 242 g/mol. The number of carbonyl (C=O) groups is 1. The summed E-state index contributed by atoms with van der Waals surface area (Å²) in [7, 11) is 0. The Morgan fingerprint density at radius 3 is 2.41 bits per heavy atom. The quantitative estimate of drug-likeness (QED) is 0.579. The number of unbranched alkanes of at least 4 members (excludes halogenated alkanes) is 3. The maximum absolute atomic E-state index is 11.7. The van der Waals surface area contributed by atoms with E-state index in [0.29, 0.717) is 0 Å². The Morgan fingerprint density at radius 2 is 1.82 bits per heavy atom. The number of amides is 1. The molecule has 0 bridgehead atoms. The molecule has 3 heteroatoms. The second-order valence-corrected chi connectivity index (χ2v) is 5.16. The van der Waals surface area contributed by atoms with E-state index in [9.17, 15) is 4.79 Å². The van der Waals surface area contributed by atoms with Crippen molar-refractivity contribution in [3.05, 3.63) is 0 Å². The van der Waals surface area contributed by atoms with Gasteiger partial charge in [-0.1, -0.05) is 39.5 Å². The Morgan fingerprint density at radius 1 is 1.12 bits per heavy atom. The summed E-state index contributed by atoms with van der Waals surface area (Å²) < 4.78 is 0. The van der Waals surface area contributed by atoms with Crippen LogP contribution >= 0.6 is 0 Å². The van der Waals surface area contributed by atoms with Crippen molar-refractivity contribution in [2.75, 3.05) is 6.54 Å². The molecule has 1 amide bonds. The van der Waals surface area contributed by atoms with Gasteiger partial charge in [0.15, 0.2) is 0 Å². The molecule has 17 heavy (non-hydrogen) atoms. The first-order chi connectivity index (χ1) is 8.07. The SMILES string of the molecule is CCCCCCNC(=O)C(C)CCCC(C)N. The molecule has 0 fully saturated rings. The summed E-state index contributed by atoms with van der Waals surface area (Å²) in [5.41, 5.74) is 5.68. The second-order valence-electron chi connectivity index (χ2n) is 5.16. The van der Waals surface area contributed by atoms with Gasteiger partial charge in [-0.2, -0.15) is 0 Å². The van der Waals surface area contributed by atoms with Gasteiger partial charge in [0.25, 0.3) is 0 Å². The predicted octanol–water partition coefficient (Wildman–Crippen LogP) is 2.84. The first-order valence-corrected chi connectivity index (χ1v) is 7.11. The van der Waals surface area contributed by atoms with Gasteiger partial charge in [-0.05, 0) is 26.2 Å². The maximum atomic E-state index is 11.7. The number of rotatable bonds is 10. The van der Waals surface area contributed by atoms with Crippen LogP contribution in [-0.2, 0) is 4.79 Å². The lowest BCUT2D eigenvalue weighted by Gasteiger charge is -2.12. The molecule has 0 aliphatic carbocycles. The monoisotopic (exact) mass is 242 g/mol. The fourth-order valence-electron chi connectivity index (χ4n) is 1.81. The molecule has 3 nitrogen and oxygen atoms in total. The third kappa shape index (κ3) is 10.3. The minimum absolute atomic E-state index is 0.125. The van der Waals surface area contributed by atoms with Gasteiger partial charge in [0.1, 0.15) is 0 Å². The molecule has 0 spiro atoms. The smallest absolute Gasteiger partial charge is 0.222 e. The summed E-state index contributed by atoms with van der Waals surface area (Å²) in [4.78, 5) is 11.7. The topological polar surface area (TPSA) is 55.1 Å². The lowest BCUT2D eigenvalue weighted by atomic mass is 10.0. The molecule has 0 aromatic rings. The third-order valence-electron chi connectivity index (χ3n) is 3.07. The van der Waals surface area contributed by atoms with Gasteiger partial charge in [-0.3, -0.25) is 4.79 Å². The van der Waals surface area contributed by atoms with Crippen molar-refractivity contribution in [2.45, 2.75) is 71.8 Å². The minimum atomic E-state index is 0.125. The van der Waals surface area contributed by atoms with E-state index in [1.807, 2.05) is 13.8 Å². The van der Waals surface area contributed by atoms with Crippen molar-refractivity contribution in [1.29, 1.82) is 0 Å². The van der Waals surface area contributed by atoms with Gasteiger partial charge in [-0.25, -0.2) is 0 Å². The Balaban J connectivity index is 3.47. The Kier molecular flexibility index (Phi) is 10.2. The molecule has 0 aliphatic rings. The van der Waals surface area contributed by atoms with Crippen molar-refractivity contribution in [2.24, 2.45) is 11.7 Å². The van der Waals surface area contributed by atoms with Crippen LogP contribution in [0, 0.1) is 5.92 Å². The van der Waals surface area contributed by atoms with Crippen LogP contribution in [0.5, 0.6) is 0 Å². The van der Waals surface area contributed by atoms with Gasteiger partial charge in [0.05, 0.1) is 0 Å². The molecular weight excluding hydrogens is 212 g/mol. The zero-order chi connectivity index (χ0) is 13.1. The Hall–Kier alpha value is -0.570. The van der Waals surface area contributed by atoms with Crippen molar-refractivity contribution in [1.82, 2.24) is 5.32 Å². The molecule has 0 saturated carbocycles. The number of carbonyl (C=O) groups excluding carboxylic acids is 1. The highest BCUT2D eigenvalue weighted by molar-refractivity contribution is 5.78. The molecule has 3 N–H and O–H groups in total. The van der Waals surface area contributed by atoms with E-state index in [1.54, 1.807) is 0 Å². The van der Waals surface area contributed by atoms with Crippen LogP contribution in [0.15, 0.2) is 0 Å². The Bertz CT molecular complexity index is 193. The lowest BCUT2D eigenvalue weighted by Crippen LogP contribution is -2.30. The van der Waals surface area contributed by atoms with Crippen molar-refractivity contribution >= 4 is 5.91 Å². The first-order valence-electron chi connectivity index (χ1n) is 7.11. The number of nitrogens with one attached hydrogen (secondary N) is 1. The average Bonchev–Trinajstić information content (AvgIpc) is 2.27. The van der Waals surface area contributed by atoms with Crippen LogP contribution in [0.1, 0.15) is 65.7 Å². The standard InChI is InChI=1S/C14H30N2O/c1-4-5-6-7-11-16-14(17)12(2)9-8-10-13(3)15/h12-13H,4-11,15H2,1-3H3,(H,16,17). The van der Waals surface area contributed by atoms with Crippen LogP contribution in [0.25, 0.3) is 0 Å². The normalized spacial score (nSPS) is 14.4. The summed E-state index contributed by atoms with van der Waals surface area (Å²) >= 11 is 0. The highest BCUT2D eigenvalue weighted by Gasteiger charge is 2.11. The van der Waals surface area contributed by atoms with E-state index in [0.717, 1.165) is 32.2 Å². The third-order valence-corrected chi connectivity index (χ3v) is 3.07. The number of nitrogens with two attached hydrogens (primary N) is 1. The van der Waals surface area contributed by atoms with Crippen molar-refractivity contribution < 1.29 is 4.79 Å². The van der Waals surface area contributed by atoms with Crippen LogP contribution in [0.3, 0.4) is 0 Å². The van der Waals surface area contributed by atoms with E-state index in [-0.39, 0.29) is 17.9 Å². The molecule has 0 rings (SSSR count). The fourth-order valence-corrected chi connectivity index (χ4v) is 1.81. The molecule has 2 atom stereocenters. The summed E-state index contributed by atoms with van der Waals surface area (Å²) in [5.74, 6) is 0.325. The molecule has 2 unspecified atom stereocenters. The molecule has 102 valence electrons. The maximum Gasteiger partial charge on any atom is 0.222 e. The van der Waals surface area contributed by atoms with Gasteiger partial charge >= 0.3 is 0 Å². The van der Waals surface area contributed by atoms with E-state index >= 15 is 0 Å². The van der Waals surface area contributed by atoms with E-state index in [4.69, 9.17) is 5.73 Å². The van der Waals surface area contributed by atoms with Crippen LogP contribution in [0.2, 0.25) is 0 Å². The molecule has 0 aromatic carbocycles. The molecule has 0 aliphatic heterocycles. The summed E-state index contributed by atoms with van der Waals surface area (Å²) in [5, 5.41) is 3.01. The predicted molar refractivity (Wildman–Crippen MR) is 73.8 cm³/mol. The molecular formula is C14H30N2O. The number of hydrogen-bond acceptors (Lipinski definition) is 2. The Labute approximate surface area is 107 Å². The van der Waals surface area contributed by atoms with Gasteiger partial charge < -0.3 is 11.1 Å². The highest BCUT2D eigenvalue weighted by atomic mass is 16.1. The van der Waals surface area contributed by atoms with Gasteiger partial charge in [0, 0.05) is 18.5 Å². The molecule has 0 aromatic heterocycles. The number of hydrogen-bond donors (Lipinski definition) is 2. The molecule has 0 heterocycles. The summed E-state index contributed by atoms with van der Waals surface area (Å²) in [6, 6.07) is 0.249. The van der Waals surface area contributed by atoms with Crippen molar-refractivity contribution in [3.63, 3.8) is 0 Å². The molecule has 0 radical (unpaired) electrons. The summed E-state index contributed by atoms with van der Waals surface area (Å²) in [6.07, 6.45) is 7.82. The summed E-state index contributed by atoms with van der Waals surface area (Å²) in [6.45, 7) is 7.04. The first kappa shape index (κ1) is 16.4. The largest absolute Gasteiger partial charge is 0.356 e. The minimum Gasteiger partial charge on any atom is -0.356 e. The lowest BCUT2D eigenvalue weighted by molar-refractivity contribution is -0.124. The van der Waals surface area contributed by atoms with Crippen molar-refractivity contribution in [3.8, 4) is 0 Å². The van der Waals surface area contributed by atoms with E-state index < -0.39 is 0 Å². The highest BCUT2D eigenvalue weighted by Crippen LogP contribution is 2.09. The van der Waals surface area contributed by atoms with E-state index in [1.165, 1.54) is 19.3 Å². The van der Waals surface area contributed by atoms with Crippen LogP contribution in [0.4, 0.5) is 0 Å². The second kappa shape index (κ2) is 10.6. The van der Waals surface area contributed by atoms with Crippen LogP contribution in [-0.4, -0.2) is 18.5 Å². The zero-order valence-electron chi connectivity index (χ0n) is 11.8. The zero-order valence-corrected chi connectivity index (χ0v) is 11.8. The van der Waals surface area contributed by atoms with E-state index in [2.05, 4.69) is 12.2 Å². The fraction of sp³-hybridized carbons (Fsp3) is 0.929. The van der Waals surface area contributed by atoms with Gasteiger partial charge in [-0.15, -0.1) is 0 Å².